The number of carbonyl (C=O) groups is 1. The first kappa shape index (κ1) is 27.3. The van der Waals surface area contributed by atoms with E-state index in [1.807, 2.05) is 0 Å². The molecule has 1 fully saturated rings. The minimum atomic E-state index is -0.104. The zero-order chi connectivity index (χ0) is 23.1. The third-order valence-electron chi connectivity index (χ3n) is 6.66. The van der Waals surface area contributed by atoms with Crippen molar-refractivity contribution in [3.63, 3.8) is 0 Å². The van der Waals surface area contributed by atoms with Gasteiger partial charge in [-0.1, -0.05) is 81.5 Å². The van der Waals surface area contributed by atoms with E-state index in [-0.39, 0.29) is 12.5 Å². The third kappa shape index (κ3) is 10.8. The summed E-state index contributed by atoms with van der Waals surface area (Å²) in [6.07, 6.45) is 16.4. The van der Waals surface area contributed by atoms with E-state index >= 15 is 0 Å². The van der Waals surface area contributed by atoms with E-state index in [1.165, 1.54) is 101 Å². The van der Waals surface area contributed by atoms with Gasteiger partial charge in [0.2, 0.25) is 0 Å². The van der Waals surface area contributed by atoms with Gasteiger partial charge in [-0.25, -0.2) is 0 Å². The molecule has 1 aliphatic heterocycles. The van der Waals surface area contributed by atoms with Crippen molar-refractivity contribution < 1.29 is 14.0 Å². The maximum Gasteiger partial charge on any atom is 0.258 e. The molecule has 0 aliphatic carbocycles. The van der Waals surface area contributed by atoms with Crippen molar-refractivity contribution in [1.82, 2.24) is 5.32 Å². The van der Waals surface area contributed by atoms with Gasteiger partial charge in [-0.15, -0.1) is 0 Å². The van der Waals surface area contributed by atoms with Crippen LogP contribution < -0.4 is 10.1 Å². The number of amides is 1. The average molecular weight is 487 g/mol. The molecule has 1 saturated heterocycles. The Kier molecular flexibility index (Phi) is 13.5. The van der Waals surface area contributed by atoms with Crippen LogP contribution in [0.1, 0.15) is 84.0 Å². The van der Waals surface area contributed by atoms with E-state index in [0.717, 1.165) is 6.54 Å². The molecular formula is C26H43Cl2N2O2+. The molecular weight excluding hydrogens is 443 g/mol. The van der Waals surface area contributed by atoms with Gasteiger partial charge in [0.1, 0.15) is 5.75 Å². The molecule has 0 unspecified atom stereocenters. The maximum absolute atomic E-state index is 12.2. The van der Waals surface area contributed by atoms with E-state index in [9.17, 15) is 4.79 Å². The van der Waals surface area contributed by atoms with Crippen LogP contribution in [0.3, 0.4) is 0 Å². The highest BCUT2D eigenvalue weighted by atomic mass is 35.5. The number of ether oxygens (including phenoxy) is 1. The summed E-state index contributed by atoms with van der Waals surface area (Å²) in [7, 11) is 0. The first-order valence-corrected chi connectivity index (χ1v) is 13.5. The van der Waals surface area contributed by atoms with Crippen LogP contribution in [-0.2, 0) is 4.79 Å². The number of carbonyl (C=O) groups excluding carboxylic acids is 1. The number of rotatable bonds is 17. The molecule has 0 aromatic heterocycles. The minimum Gasteiger partial charge on any atom is -0.482 e. The van der Waals surface area contributed by atoms with Crippen LogP contribution in [0.25, 0.3) is 0 Å². The van der Waals surface area contributed by atoms with Crippen LogP contribution in [-0.4, -0.2) is 49.7 Å². The van der Waals surface area contributed by atoms with E-state index in [4.69, 9.17) is 27.9 Å². The Morgan fingerprint density at radius 2 is 1.56 bits per heavy atom. The van der Waals surface area contributed by atoms with Crippen molar-refractivity contribution in [3.05, 3.63) is 28.2 Å². The fourth-order valence-electron chi connectivity index (χ4n) is 4.72. The van der Waals surface area contributed by atoms with Gasteiger partial charge in [0, 0.05) is 17.9 Å². The summed E-state index contributed by atoms with van der Waals surface area (Å²) in [6, 6.07) is 5.01. The maximum atomic E-state index is 12.2. The van der Waals surface area contributed by atoms with Crippen molar-refractivity contribution in [2.45, 2.75) is 84.0 Å². The van der Waals surface area contributed by atoms with E-state index in [1.54, 1.807) is 18.2 Å². The highest BCUT2D eigenvalue weighted by molar-refractivity contribution is 6.35. The highest BCUT2D eigenvalue weighted by Gasteiger charge is 2.30. The Morgan fingerprint density at radius 3 is 2.19 bits per heavy atom. The highest BCUT2D eigenvalue weighted by Crippen LogP contribution is 2.27. The number of hydrogen-bond donors (Lipinski definition) is 1. The van der Waals surface area contributed by atoms with E-state index in [0.29, 0.717) is 22.3 Å². The number of hydrogen-bond acceptors (Lipinski definition) is 2. The predicted octanol–water partition coefficient (Wildman–Crippen LogP) is 7.02. The number of halogens is 2. The lowest BCUT2D eigenvalue weighted by molar-refractivity contribution is -0.915. The molecule has 1 aromatic rings. The second-order valence-corrected chi connectivity index (χ2v) is 10.2. The predicted molar refractivity (Wildman–Crippen MR) is 136 cm³/mol. The smallest absolute Gasteiger partial charge is 0.258 e. The topological polar surface area (TPSA) is 38.3 Å². The van der Waals surface area contributed by atoms with Gasteiger partial charge in [0.25, 0.3) is 5.91 Å². The van der Waals surface area contributed by atoms with E-state index in [2.05, 4.69) is 12.2 Å². The zero-order valence-corrected chi connectivity index (χ0v) is 21.5. The molecule has 1 heterocycles. The molecule has 32 heavy (non-hydrogen) atoms. The normalized spacial score (nSPS) is 15.1. The zero-order valence-electron chi connectivity index (χ0n) is 20.0. The lowest BCUT2D eigenvalue weighted by Gasteiger charge is -2.34. The summed E-state index contributed by atoms with van der Waals surface area (Å²) in [5.74, 6) is 0.377. The summed E-state index contributed by atoms with van der Waals surface area (Å²) in [6.45, 7) is 7.73. The second kappa shape index (κ2) is 15.8. The van der Waals surface area contributed by atoms with Crippen molar-refractivity contribution in [2.24, 2.45) is 0 Å². The molecule has 0 atom stereocenters. The summed E-state index contributed by atoms with van der Waals surface area (Å²) in [5, 5.41) is 4.00. The van der Waals surface area contributed by atoms with Gasteiger partial charge in [-0.2, -0.15) is 0 Å². The molecule has 0 radical (unpaired) electrons. The number of benzene rings is 1. The molecule has 1 amide bonds. The molecule has 1 N–H and O–H groups in total. The van der Waals surface area contributed by atoms with Crippen LogP contribution in [0, 0.1) is 0 Å². The standard InChI is InChI=1S/C26H42Cl2N2O2/c1-2-3-4-5-6-7-8-9-10-11-17-30(18-12-13-19-30)20-16-29-26(31)22-32-25-15-14-23(27)21-24(25)28/h14-15,21H,2-13,16-20,22H2,1H3/p+1. The summed E-state index contributed by atoms with van der Waals surface area (Å²) in [5.41, 5.74) is 0. The van der Waals surface area contributed by atoms with Crippen LogP contribution in [0.4, 0.5) is 0 Å². The summed E-state index contributed by atoms with van der Waals surface area (Å²) < 4.78 is 6.70. The van der Waals surface area contributed by atoms with Gasteiger partial charge >= 0.3 is 0 Å². The summed E-state index contributed by atoms with van der Waals surface area (Å²) in [4.78, 5) is 12.2. The Morgan fingerprint density at radius 1 is 0.938 bits per heavy atom. The molecule has 0 saturated carbocycles. The SMILES string of the molecule is CCCCCCCCCCCC[N+]1(CCNC(=O)COc2ccc(Cl)cc2Cl)CCCC1. The first-order valence-electron chi connectivity index (χ1n) is 12.7. The monoisotopic (exact) mass is 485 g/mol. The largest absolute Gasteiger partial charge is 0.482 e. The quantitative estimate of drug-likeness (QED) is 0.190. The first-order chi connectivity index (χ1) is 15.5. The van der Waals surface area contributed by atoms with Gasteiger partial charge in [-0.05, 0) is 31.0 Å². The number of likely N-dealkylation sites (tertiary alicyclic amines) is 1. The van der Waals surface area contributed by atoms with Crippen molar-refractivity contribution in [2.75, 3.05) is 39.3 Å². The molecule has 1 aliphatic rings. The molecule has 0 spiro atoms. The Bertz CT molecular complexity index is 663. The molecule has 182 valence electrons. The Hall–Kier alpha value is -0.970. The van der Waals surface area contributed by atoms with Crippen molar-refractivity contribution in [3.8, 4) is 5.75 Å². The molecule has 2 rings (SSSR count). The molecule has 4 nitrogen and oxygen atoms in total. The van der Waals surface area contributed by atoms with Gasteiger partial charge < -0.3 is 14.5 Å². The van der Waals surface area contributed by atoms with E-state index < -0.39 is 0 Å². The van der Waals surface area contributed by atoms with Crippen molar-refractivity contribution >= 4 is 29.1 Å². The Labute approximate surface area is 205 Å². The van der Waals surface area contributed by atoms with Crippen molar-refractivity contribution in [1.29, 1.82) is 0 Å². The lowest BCUT2D eigenvalue weighted by Crippen LogP contribution is -2.50. The average Bonchev–Trinajstić information content (AvgIpc) is 3.23. The fourth-order valence-corrected chi connectivity index (χ4v) is 5.18. The molecule has 1 aromatic carbocycles. The second-order valence-electron chi connectivity index (χ2n) is 9.34. The number of nitrogens with one attached hydrogen (secondary N) is 1. The Balaban J connectivity index is 1.57. The molecule has 0 bridgehead atoms. The number of nitrogens with zero attached hydrogens (tertiary/aromatic N) is 1. The van der Waals surface area contributed by atoms with Crippen LogP contribution in [0.5, 0.6) is 5.75 Å². The third-order valence-corrected chi connectivity index (χ3v) is 7.19. The number of unbranched alkanes of at least 4 members (excludes halogenated alkanes) is 9. The van der Waals surface area contributed by atoms with Gasteiger partial charge in [0.05, 0.1) is 37.7 Å². The van der Waals surface area contributed by atoms with Crippen LogP contribution >= 0.6 is 23.2 Å². The summed E-state index contributed by atoms with van der Waals surface area (Å²) >= 11 is 12.0. The van der Waals surface area contributed by atoms with Gasteiger partial charge in [0.15, 0.2) is 6.61 Å². The number of quaternary nitrogens is 1. The minimum absolute atomic E-state index is 0.0280. The lowest BCUT2D eigenvalue weighted by atomic mass is 10.1. The van der Waals surface area contributed by atoms with Gasteiger partial charge in [-0.3, -0.25) is 4.79 Å². The van der Waals surface area contributed by atoms with Crippen LogP contribution in [0.15, 0.2) is 18.2 Å². The fraction of sp³-hybridized carbons (Fsp3) is 0.731. The van der Waals surface area contributed by atoms with Crippen LogP contribution in [0.2, 0.25) is 10.0 Å². The molecule has 6 heteroatoms.